The molecule has 208 valence electrons. The van der Waals surface area contributed by atoms with Crippen LogP contribution in [0.1, 0.15) is 55.6 Å². The van der Waals surface area contributed by atoms with Crippen LogP contribution in [0.2, 0.25) is 10.0 Å². The maximum Gasteiger partial charge on any atom is 0.438 e. The van der Waals surface area contributed by atoms with Crippen LogP contribution in [0.4, 0.5) is 0 Å². The Kier molecular flexibility index (Phi) is 8.47. The molecule has 10 heteroatoms. The first kappa shape index (κ1) is 27.9. The van der Waals surface area contributed by atoms with Crippen LogP contribution < -0.4 is 5.76 Å². The SMILES string of the molecule is CC[C@@H](CN1CCOCC1)N1C(=O)[C@@](C)(Cc2noc(=O)[nH]2)CC(c2cccc(Cl)c2)[C@H]1c1ccc(Cl)cc1. The highest BCUT2D eigenvalue weighted by Gasteiger charge is 2.52. The molecule has 0 aliphatic carbocycles. The van der Waals surface area contributed by atoms with Crippen LogP contribution in [0.25, 0.3) is 0 Å². The average Bonchev–Trinajstić information content (AvgIpc) is 3.34. The number of hydrogen-bond acceptors (Lipinski definition) is 6. The number of aromatic amines is 1. The zero-order chi connectivity index (χ0) is 27.6. The van der Waals surface area contributed by atoms with Crippen molar-refractivity contribution in [2.24, 2.45) is 5.41 Å². The summed E-state index contributed by atoms with van der Waals surface area (Å²) in [6, 6.07) is 15.4. The van der Waals surface area contributed by atoms with Gasteiger partial charge in [-0.1, -0.05) is 66.5 Å². The van der Waals surface area contributed by atoms with Crippen molar-refractivity contribution in [3.05, 3.63) is 86.1 Å². The lowest BCUT2D eigenvalue weighted by Crippen LogP contribution is -2.59. The Morgan fingerprint density at radius 3 is 2.46 bits per heavy atom. The van der Waals surface area contributed by atoms with E-state index < -0.39 is 11.2 Å². The first-order chi connectivity index (χ1) is 18.8. The molecule has 39 heavy (non-hydrogen) atoms. The van der Waals surface area contributed by atoms with Gasteiger partial charge in [-0.3, -0.25) is 19.2 Å². The molecule has 1 unspecified atom stereocenters. The van der Waals surface area contributed by atoms with E-state index in [4.69, 9.17) is 32.5 Å². The van der Waals surface area contributed by atoms with E-state index in [2.05, 4.69) is 32.9 Å². The fourth-order valence-electron chi connectivity index (χ4n) is 6.15. The van der Waals surface area contributed by atoms with Crippen LogP contribution in [-0.2, 0) is 16.0 Å². The van der Waals surface area contributed by atoms with Crippen molar-refractivity contribution in [3.8, 4) is 0 Å². The number of nitrogens with zero attached hydrogens (tertiary/aromatic N) is 3. The molecule has 3 heterocycles. The Morgan fingerprint density at radius 1 is 1.08 bits per heavy atom. The number of halogens is 2. The minimum Gasteiger partial charge on any atom is -0.379 e. The van der Waals surface area contributed by atoms with Crippen LogP contribution in [0, 0.1) is 5.41 Å². The van der Waals surface area contributed by atoms with Crippen molar-refractivity contribution in [2.45, 2.75) is 51.1 Å². The van der Waals surface area contributed by atoms with Crippen molar-refractivity contribution < 1.29 is 14.1 Å². The summed E-state index contributed by atoms with van der Waals surface area (Å²) in [6.45, 7) is 7.88. The van der Waals surface area contributed by atoms with E-state index in [0.717, 1.165) is 37.2 Å². The predicted octanol–water partition coefficient (Wildman–Crippen LogP) is 5.09. The second kappa shape index (κ2) is 11.8. The molecule has 2 aliphatic rings. The number of likely N-dealkylation sites (tertiary alicyclic amines) is 1. The minimum absolute atomic E-state index is 0.0321. The molecule has 2 saturated heterocycles. The van der Waals surface area contributed by atoms with E-state index in [-0.39, 0.29) is 30.3 Å². The highest BCUT2D eigenvalue weighted by atomic mass is 35.5. The third kappa shape index (κ3) is 6.09. The first-order valence-corrected chi connectivity index (χ1v) is 14.2. The van der Waals surface area contributed by atoms with E-state index in [1.807, 2.05) is 49.4 Å². The summed E-state index contributed by atoms with van der Waals surface area (Å²) in [6.07, 6.45) is 1.58. The summed E-state index contributed by atoms with van der Waals surface area (Å²) in [4.78, 5) is 33.5. The van der Waals surface area contributed by atoms with Crippen molar-refractivity contribution in [3.63, 3.8) is 0 Å². The zero-order valence-corrected chi connectivity index (χ0v) is 23.8. The van der Waals surface area contributed by atoms with Crippen molar-refractivity contribution in [2.75, 3.05) is 32.8 Å². The van der Waals surface area contributed by atoms with Gasteiger partial charge in [-0.05, 0) is 48.2 Å². The molecular formula is C29H34Cl2N4O4. The Hall–Kier alpha value is -2.65. The summed E-state index contributed by atoms with van der Waals surface area (Å²) in [7, 11) is 0. The molecule has 1 aromatic heterocycles. The Morgan fingerprint density at radius 2 is 1.82 bits per heavy atom. The topological polar surface area (TPSA) is 91.7 Å². The van der Waals surface area contributed by atoms with E-state index >= 15 is 0 Å². The van der Waals surface area contributed by atoms with Crippen LogP contribution in [-0.4, -0.2) is 64.7 Å². The standard InChI is InChI=1S/C29H34Cl2N4O4/c1-3-23(18-34-11-13-38-14-12-34)35-26(19-7-9-21(30)10-8-19)24(20-5-4-6-22(31)15-20)16-29(2,27(35)36)17-25-32-28(37)39-33-25/h4-10,15,23-24,26H,3,11-14,16-18H2,1-2H3,(H,32,33,37)/t23-,24?,26+,29+/m0/s1. The molecule has 0 saturated carbocycles. The summed E-state index contributed by atoms with van der Waals surface area (Å²) in [5.41, 5.74) is 1.24. The predicted molar refractivity (Wildman–Crippen MR) is 150 cm³/mol. The first-order valence-electron chi connectivity index (χ1n) is 13.5. The monoisotopic (exact) mass is 572 g/mol. The molecule has 0 spiro atoms. The lowest BCUT2D eigenvalue weighted by atomic mass is 9.67. The van der Waals surface area contributed by atoms with Crippen molar-refractivity contribution >= 4 is 29.1 Å². The molecule has 1 N–H and O–H groups in total. The minimum atomic E-state index is -0.839. The van der Waals surface area contributed by atoms with Crippen molar-refractivity contribution in [1.29, 1.82) is 0 Å². The fourth-order valence-corrected chi connectivity index (χ4v) is 6.47. The Labute approximate surface area is 238 Å². The second-order valence-electron chi connectivity index (χ2n) is 10.8. The summed E-state index contributed by atoms with van der Waals surface area (Å²) < 4.78 is 10.4. The number of carbonyl (C=O) groups excluding carboxylic acids is 1. The highest BCUT2D eigenvalue weighted by molar-refractivity contribution is 6.30. The molecule has 2 fully saturated rings. The van der Waals surface area contributed by atoms with Gasteiger partial charge in [0, 0.05) is 48.1 Å². The van der Waals surface area contributed by atoms with Gasteiger partial charge in [0.2, 0.25) is 5.91 Å². The average molecular weight is 574 g/mol. The van der Waals surface area contributed by atoms with E-state index in [9.17, 15) is 9.59 Å². The Bertz CT molecular complexity index is 1340. The number of carbonyl (C=O) groups is 1. The highest BCUT2D eigenvalue weighted by Crippen LogP contribution is 2.52. The smallest absolute Gasteiger partial charge is 0.379 e. The molecular weight excluding hydrogens is 539 g/mol. The van der Waals surface area contributed by atoms with Crippen molar-refractivity contribution in [1.82, 2.24) is 19.9 Å². The molecule has 4 atom stereocenters. The number of piperidine rings is 1. The van der Waals surface area contributed by atoms with Gasteiger partial charge in [-0.2, -0.15) is 0 Å². The maximum absolute atomic E-state index is 14.7. The quantitative estimate of drug-likeness (QED) is 0.404. The van der Waals surface area contributed by atoms with Gasteiger partial charge in [0.25, 0.3) is 0 Å². The summed E-state index contributed by atoms with van der Waals surface area (Å²) in [5, 5.41) is 5.19. The Balaban J connectivity index is 1.63. The fraction of sp³-hybridized carbons (Fsp3) is 0.483. The van der Waals surface area contributed by atoms with Gasteiger partial charge in [0.05, 0.1) is 24.7 Å². The largest absolute Gasteiger partial charge is 0.438 e. The van der Waals surface area contributed by atoms with E-state index in [1.165, 1.54) is 0 Å². The molecule has 1 amide bonds. The number of ether oxygens (including phenoxy) is 1. The van der Waals surface area contributed by atoms with Gasteiger partial charge in [0.1, 0.15) is 0 Å². The molecule has 2 aliphatic heterocycles. The third-order valence-electron chi connectivity index (χ3n) is 8.07. The number of aromatic nitrogens is 2. The van der Waals surface area contributed by atoms with Crippen LogP contribution in [0.3, 0.4) is 0 Å². The number of nitrogens with one attached hydrogen (secondary N) is 1. The lowest BCUT2D eigenvalue weighted by molar-refractivity contribution is -0.155. The van der Waals surface area contributed by atoms with Gasteiger partial charge in [-0.25, -0.2) is 4.79 Å². The number of morpholine rings is 1. The molecule has 2 aromatic carbocycles. The number of hydrogen-bond donors (Lipinski definition) is 1. The van der Waals surface area contributed by atoms with Gasteiger partial charge < -0.3 is 9.64 Å². The number of amides is 1. The molecule has 0 bridgehead atoms. The molecule has 5 rings (SSSR count). The maximum atomic E-state index is 14.7. The number of benzene rings is 2. The third-order valence-corrected chi connectivity index (χ3v) is 8.56. The van der Waals surface area contributed by atoms with Gasteiger partial charge in [0.15, 0.2) is 5.82 Å². The molecule has 8 nitrogen and oxygen atoms in total. The molecule has 0 radical (unpaired) electrons. The van der Waals surface area contributed by atoms with Crippen LogP contribution in [0.5, 0.6) is 0 Å². The molecule has 3 aromatic rings. The van der Waals surface area contributed by atoms with Crippen LogP contribution >= 0.6 is 23.2 Å². The lowest BCUT2D eigenvalue weighted by Gasteiger charge is -2.52. The zero-order valence-electron chi connectivity index (χ0n) is 22.2. The number of H-pyrrole nitrogens is 1. The van der Waals surface area contributed by atoms with Crippen LogP contribution in [0.15, 0.2) is 57.8 Å². The van der Waals surface area contributed by atoms with E-state index in [1.54, 1.807) is 0 Å². The second-order valence-corrected chi connectivity index (χ2v) is 11.7. The summed E-state index contributed by atoms with van der Waals surface area (Å²) >= 11 is 12.8. The normalized spacial score (nSPS) is 25.1. The van der Waals surface area contributed by atoms with E-state index in [0.29, 0.717) is 35.5 Å². The van der Waals surface area contributed by atoms with Gasteiger partial charge >= 0.3 is 5.76 Å². The van der Waals surface area contributed by atoms with Gasteiger partial charge in [-0.15, -0.1) is 0 Å². The number of rotatable bonds is 8. The summed E-state index contributed by atoms with van der Waals surface area (Å²) in [5.74, 6) is -0.292.